The Bertz CT molecular complexity index is 256. The van der Waals surface area contributed by atoms with Crippen LogP contribution in [0.2, 0.25) is 0 Å². The summed E-state index contributed by atoms with van der Waals surface area (Å²) in [7, 11) is 2.74. The highest BCUT2D eigenvalue weighted by atomic mass is 16.5. The van der Waals surface area contributed by atoms with Crippen molar-refractivity contribution in [2.45, 2.75) is 25.7 Å². The van der Waals surface area contributed by atoms with Crippen LogP contribution in [-0.2, 0) is 19.1 Å². The molecule has 0 aromatic carbocycles. The van der Waals surface area contributed by atoms with Crippen molar-refractivity contribution in [3.63, 3.8) is 0 Å². The summed E-state index contributed by atoms with van der Waals surface area (Å²) in [5.74, 6) is -0.499. The molecule has 2 rings (SSSR count). The molecule has 0 spiro atoms. The van der Waals surface area contributed by atoms with E-state index in [9.17, 15) is 9.59 Å². The molecule has 0 N–H and O–H groups in total. The van der Waals surface area contributed by atoms with Crippen molar-refractivity contribution in [1.82, 2.24) is 0 Å². The maximum absolute atomic E-state index is 11.6. The van der Waals surface area contributed by atoms with Crippen molar-refractivity contribution >= 4 is 11.9 Å². The van der Waals surface area contributed by atoms with E-state index in [1.165, 1.54) is 14.2 Å². The molecule has 0 bridgehead atoms. The molecule has 2 saturated carbocycles. The summed E-state index contributed by atoms with van der Waals surface area (Å²) in [6, 6.07) is 0. The molecule has 2 fully saturated rings. The number of carbonyl (C=O) groups excluding carboxylic acids is 2. The average molecular weight is 198 g/mol. The number of methoxy groups -OCH3 is 2. The van der Waals surface area contributed by atoms with Crippen LogP contribution >= 0.6 is 0 Å². The first kappa shape index (κ1) is 9.49. The van der Waals surface area contributed by atoms with Crippen LogP contribution in [-0.4, -0.2) is 26.2 Å². The fourth-order valence-electron chi connectivity index (χ4n) is 2.90. The van der Waals surface area contributed by atoms with Crippen molar-refractivity contribution in [1.29, 1.82) is 0 Å². The number of fused-ring (bicyclic) bond motifs is 1. The fraction of sp³-hybridized carbons (Fsp3) is 0.800. The summed E-state index contributed by atoms with van der Waals surface area (Å²) >= 11 is 0. The van der Waals surface area contributed by atoms with Gasteiger partial charge in [0.25, 0.3) is 0 Å². The molecule has 2 aliphatic carbocycles. The van der Waals surface area contributed by atoms with E-state index < -0.39 is 10.8 Å². The molecule has 0 heterocycles. The number of hydrogen-bond acceptors (Lipinski definition) is 4. The van der Waals surface area contributed by atoms with Crippen molar-refractivity contribution < 1.29 is 19.1 Å². The van der Waals surface area contributed by atoms with E-state index in [1.807, 2.05) is 0 Å². The summed E-state index contributed by atoms with van der Waals surface area (Å²) in [6.45, 7) is 0. The Morgan fingerprint density at radius 2 is 1.14 bits per heavy atom. The van der Waals surface area contributed by atoms with Gasteiger partial charge in [-0.15, -0.1) is 0 Å². The average Bonchev–Trinajstić information content (AvgIpc) is 2.21. The highest BCUT2D eigenvalue weighted by Crippen LogP contribution is 2.71. The standard InChI is InChI=1S/C10H14O4/c1-13-7(11)9-3-5-10(9,6-4-9)8(12)14-2/h3-6H2,1-2H3. The Kier molecular flexibility index (Phi) is 1.84. The van der Waals surface area contributed by atoms with E-state index in [1.54, 1.807) is 0 Å². The first-order valence-electron chi connectivity index (χ1n) is 4.80. The van der Waals surface area contributed by atoms with Gasteiger partial charge in [0.15, 0.2) is 0 Å². The molecule has 4 nitrogen and oxygen atoms in total. The smallest absolute Gasteiger partial charge is 0.312 e. The second kappa shape index (κ2) is 2.72. The molecule has 0 aromatic rings. The predicted octanol–water partition coefficient (Wildman–Crippen LogP) is 0.893. The van der Waals surface area contributed by atoms with Gasteiger partial charge in [0.1, 0.15) is 0 Å². The lowest BCUT2D eigenvalue weighted by molar-refractivity contribution is -0.225. The van der Waals surface area contributed by atoms with Gasteiger partial charge in [-0.2, -0.15) is 0 Å². The van der Waals surface area contributed by atoms with Gasteiger partial charge in [0, 0.05) is 0 Å². The second-order valence-electron chi connectivity index (χ2n) is 4.15. The van der Waals surface area contributed by atoms with Crippen LogP contribution in [0.1, 0.15) is 25.7 Å². The SMILES string of the molecule is COC(=O)C12CCC1(C(=O)OC)CC2. The van der Waals surface area contributed by atoms with E-state index >= 15 is 0 Å². The van der Waals surface area contributed by atoms with Crippen molar-refractivity contribution in [3.05, 3.63) is 0 Å². The van der Waals surface area contributed by atoms with Gasteiger partial charge in [-0.25, -0.2) is 0 Å². The van der Waals surface area contributed by atoms with Crippen LogP contribution in [0.15, 0.2) is 0 Å². The molecule has 4 heteroatoms. The molecule has 0 atom stereocenters. The summed E-state index contributed by atoms with van der Waals surface area (Å²) in [4.78, 5) is 23.1. The number of rotatable bonds is 2. The Hall–Kier alpha value is -1.06. The molecular weight excluding hydrogens is 184 g/mol. The first-order chi connectivity index (χ1) is 6.63. The minimum Gasteiger partial charge on any atom is -0.469 e. The maximum Gasteiger partial charge on any atom is 0.312 e. The van der Waals surface area contributed by atoms with Gasteiger partial charge in [-0.05, 0) is 25.7 Å². The Morgan fingerprint density at radius 3 is 1.29 bits per heavy atom. The largest absolute Gasteiger partial charge is 0.469 e. The van der Waals surface area contributed by atoms with Crippen LogP contribution < -0.4 is 0 Å². The first-order valence-corrected chi connectivity index (χ1v) is 4.80. The third-order valence-electron chi connectivity index (χ3n) is 4.03. The van der Waals surface area contributed by atoms with Crippen LogP contribution in [0.3, 0.4) is 0 Å². The highest BCUT2D eigenvalue weighted by Gasteiger charge is 2.74. The van der Waals surface area contributed by atoms with Gasteiger partial charge in [-0.1, -0.05) is 0 Å². The number of carbonyl (C=O) groups is 2. The highest BCUT2D eigenvalue weighted by molar-refractivity contribution is 5.92. The van der Waals surface area contributed by atoms with Gasteiger partial charge in [0.05, 0.1) is 25.0 Å². The van der Waals surface area contributed by atoms with E-state index in [-0.39, 0.29) is 11.9 Å². The van der Waals surface area contributed by atoms with Crippen LogP contribution in [0.4, 0.5) is 0 Å². The summed E-state index contributed by atoms with van der Waals surface area (Å²) in [6.07, 6.45) is 3.03. The lowest BCUT2D eigenvalue weighted by Crippen LogP contribution is -2.67. The van der Waals surface area contributed by atoms with E-state index in [4.69, 9.17) is 9.47 Å². The monoisotopic (exact) mass is 198 g/mol. The van der Waals surface area contributed by atoms with Gasteiger partial charge >= 0.3 is 11.9 Å². The molecule has 0 radical (unpaired) electrons. The van der Waals surface area contributed by atoms with Crippen LogP contribution in [0, 0.1) is 10.8 Å². The second-order valence-corrected chi connectivity index (χ2v) is 4.15. The van der Waals surface area contributed by atoms with Gasteiger partial charge < -0.3 is 9.47 Å². The molecular formula is C10H14O4. The zero-order valence-corrected chi connectivity index (χ0v) is 8.46. The molecule has 2 aliphatic rings. The minimum atomic E-state index is -0.547. The number of ether oxygens (including phenoxy) is 2. The quantitative estimate of drug-likeness (QED) is 0.618. The van der Waals surface area contributed by atoms with Crippen LogP contribution in [0.25, 0.3) is 0 Å². The zero-order chi connectivity index (χ0) is 10.4. The number of esters is 2. The molecule has 0 aromatic heterocycles. The summed E-state index contributed by atoms with van der Waals surface area (Å²) in [5.41, 5.74) is -1.09. The third kappa shape index (κ3) is 0.751. The Balaban J connectivity index is 2.24. The normalized spacial score (nSPS) is 38.7. The maximum atomic E-state index is 11.6. The molecule has 0 saturated heterocycles. The van der Waals surface area contributed by atoms with Crippen molar-refractivity contribution in [3.8, 4) is 0 Å². The molecule has 0 aliphatic heterocycles. The summed E-state index contributed by atoms with van der Waals surface area (Å²) < 4.78 is 9.50. The number of hydrogen-bond donors (Lipinski definition) is 0. The van der Waals surface area contributed by atoms with E-state index in [0.29, 0.717) is 0 Å². The van der Waals surface area contributed by atoms with Crippen LogP contribution in [0.5, 0.6) is 0 Å². The summed E-state index contributed by atoms with van der Waals surface area (Å²) in [5, 5.41) is 0. The molecule has 14 heavy (non-hydrogen) atoms. The topological polar surface area (TPSA) is 52.6 Å². The molecule has 0 amide bonds. The predicted molar refractivity (Wildman–Crippen MR) is 47.4 cm³/mol. The lowest BCUT2D eigenvalue weighted by Gasteiger charge is -2.63. The third-order valence-corrected chi connectivity index (χ3v) is 4.03. The fourth-order valence-corrected chi connectivity index (χ4v) is 2.90. The van der Waals surface area contributed by atoms with Gasteiger partial charge in [-0.3, -0.25) is 9.59 Å². The molecule has 78 valence electrons. The Labute approximate surface area is 82.6 Å². The van der Waals surface area contributed by atoms with E-state index in [0.717, 1.165) is 25.7 Å². The van der Waals surface area contributed by atoms with Crippen molar-refractivity contribution in [2.75, 3.05) is 14.2 Å². The zero-order valence-electron chi connectivity index (χ0n) is 8.46. The Morgan fingerprint density at radius 1 is 0.857 bits per heavy atom. The lowest BCUT2D eigenvalue weighted by atomic mass is 9.38. The minimum absolute atomic E-state index is 0.250. The molecule has 0 unspecified atom stereocenters. The van der Waals surface area contributed by atoms with E-state index in [2.05, 4.69) is 0 Å². The van der Waals surface area contributed by atoms with Crippen molar-refractivity contribution in [2.24, 2.45) is 10.8 Å². The van der Waals surface area contributed by atoms with Gasteiger partial charge in [0.2, 0.25) is 0 Å².